The van der Waals surface area contributed by atoms with E-state index in [1.807, 2.05) is 10.9 Å². The molecule has 3 N–H and O–H groups in total. The minimum atomic E-state index is -1.26. The Labute approximate surface area is 214 Å². The summed E-state index contributed by atoms with van der Waals surface area (Å²) in [7, 11) is 0. The molecule has 5 fully saturated rings. The topological polar surface area (TPSA) is 151 Å². The molecule has 4 bridgehead atoms. The van der Waals surface area contributed by atoms with Crippen LogP contribution in [0.1, 0.15) is 51.4 Å². The van der Waals surface area contributed by atoms with Gasteiger partial charge in [-0.2, -0.15) is 5.10 Å². The lowest BCUT2D eigenvalue weighted by Gasteiger charge is -2.36. The zero-order valence-corrected chi connectivity index (χ0v) is 20.9. The van der Waals surface area contributed by atoms with Crippen LogP contribution in [0.5, 0.6) is 0 Å². The van der Waals surface area contributed by atoms with E-state index in [4.69, 9.17) is 10.2 Å². The summed E-state index contributed by atoms with van der Waals surface area (Å²) < 4.78 is 1.96. The van der Waals surface area contributed by atoms with E-state index in [1.165, 1.54) is 45.2 Å². The van der Waals surface area contributed by atoms with E-state index >= 15 is 0 Å². The van der Waals surface area contributed by atoms with Gasteiger partial charge in [-0.05, 0) is 75.8 Å². The molecule has 1 saturated heterocycles. The molecule has 2 atom stereocenters. The molecule has 1 aliphatic heterocycles. The van der Waals surface area contributed by atoms with Crippen molar-refractivity contribution in [3.8, 4) is 0 Å². The molecule has 198 valence electrons. The van der Waals surface area contributed by atoms with Crippen molar-refractivity contribution in [1.29, 1.82) is 0 Å². The van der Waals surface area contributed by atoms with Crippen LogP contribution in [0.4, 0.5) is 5.82 Å². The van der Waals surface area contributed by atoms with Gasteiger partial charge in [0.15, 0.2) is 5.65 Å². The number of likely N-dealkylation sites (tertiary alicyclic amines) is 1. The van der Waals surface area contributed by atoms with Crippen molar-refractivity contribution >= 4 is 34.7 Å². The third-order valence-corrected chi connectivity index (χ3v) is 8.52. The molecule has 2 unspecified atom stereocenters. The van der Waals surface area contributed by atoms with E-state index in [1.54, 1.807) is 6.33 Å². The second-order valence-corrected chi connectivity index (χ2v) is 10.9. The first-order valence-corrected chi connectivity index (χ1v) is 13.2. The van der Waals surface area contributed by atoms with Gasteiger partial charge in [-0.25, -0.2) is 24.2 Å². The van der Waals surface area contributed by atoms with Gasteiger partial charge >= 0.3 is 11.9 Å². The van der Waals surface area contributed by atoms with E-state index in [9.17, 15) is 14.4 Å². The number of anilines is 1. The first-order valence-electron chi connectivity index (χ1n) is 13.2. The van der Waals surface area contributed by atoms with Crippen molar-refractivity contribution in [1.82, 2.24) is 24.6 Å². The lowest BCUT2D eigenvalue weighted by atomic mass is 9.69. The molecule has 0 radical (unpaired) electrons. The zero-order chi connectivity index (χ0) is 26.0. The largest absolute Gasteiger partial charge is 0.478 e. The maximum absolute atomic E-state index is 13.3. The second-order valence-electron chi connectivity index (χ2n) is 10.9. The highest BCUT2D eigenvalue weighted by molar-refractivity contribution is 6.01. The van der Waals surface area contributed by atoms with Gasteiger partial charge in [-0.3, -0.25) is 4.79 Å². The third kappa shape index (κ3) is 5.51. The van der Waals surface area contributed by atoms with E-state index < -0.39 is 11.9 Å². The lowest BCUT2D eigenvalue weighted by Crippen LogP contribution is -2.39. The molecule has 2 aromatic rings. The number of rotatable bonds is 7. The Hall–Kier alpha value is -3.34. The molecule has 7 rings (SSSR count). The van der Waals surface area contributed by atoms with E-state index in [-0.39, 0.29) is 11.3 Å². The zero-order valence-electron chi connectivity index (χ0n) is 20.9. The van der Waals surface area contributed by atoms with Crippen LogP contribution in [0.2, 0.25) is 0 Å². The maximum atomic E-state index is 13.3. The van der Waals surface area contributed by atoms with Crippen molar-refractivity contribution < 1.29 is 24.6 Å². The second kappa shape index (κ2) is 10.6. The molecule has 3 heterocycles. The molecule has 11 nitrogen and oxygen atoms in total. The first-order chi connectivity index (χ1) is 17.8. The summed E-state index contributed by atoms with van der Waals surface area (Å²) in [5, 5.41) is 24.2. The predicted molar refractivity (Wildman–Crippen MR) is 135 cm³/mol. The number of aromatic nitrogens is 4. The van der Waals surface area contributed by atoms with Crippen molar-refractivity contribution in [2.75, 3.05) is 25.0 Å². The quantitative estimate of drug-likeness (QED) is 0.478. The van der Waals surface area contributed by atoms with Crippen LogP contribution in [0.25, 0.3) is 11.0 Å². The number of nitrogens with zero attached hydrogens (tertiary/aromatic N) is 5. The van der Waals surface area contributed by atoms with E-state index in [2.05, 4.69) is 25.3 Å². The highest BCUT2D eigenvalue weighted by atomic mass is 16.4. The van der Waals surface area contributed by atoms with Crippen LogP contribution in [-0.2, 0) is 20.9 Å². The Bertz CT molecular complexity index is 1170. The maximum Gasteiger partial charge on any atom is 0.328 e. The van der Waals surface area contributed by atoms with E-state index in [0.717, 1.165) is 61.1 Å². The van der Waals surface area contributed by atoms with Crippen molar-refractivity contribution in [2.24, 2.45) is 23.2 Å². The number of hydrogen-bond donors (Lipinski definition) is 3. The summed E-state index contributed by atoms with van der Waals surface area (Å²) in [6, 6.07) is 0. The Morgan fingerprint density at radius 2 is 1.65 bits per heavy atom. The standard InChI is InChI=1S/C22H30N6O.C4H4O4/c29-21(22-10-15-8-16(11-22)17(9-15)12-22)26-19-18-13-25-28(20(18)24-14-23-19)7-6-27-4-2-1-3-5-27;5-3(6)1-2-4(7)8/h13-17H,1-12H2,(H,23,24,26,29);1-2H,(H,5,6)(H,7,8)/b;2-1-. The molecule has 1 amide bonds. The number of carboxylic acids is 2. The SMILES string of the molecule is O=C(Nc1ncnc2c1cnn2CCN1CCCCC1)C12CC3CC(C1)C(C3)C2.O=C(O)/C=C\C(=O)O. The number of piperidine rings is 1. The smallest absolute Gasteiger partial charge is 0.328 e. The number of amides is 1. The number of nitrogens with one attached hydrogen (secondary N) is 1. The Kier molecular flexibility index (Phi) is 7.23. The summed E-state index contributed by atoms with van der Waals surface area (Å²) >= 11 is 0. The van der Waals surface area contributed by atoms with Crippen molar-refractivity contribution in [3.05, 3.63) is 24.7 Å². The Morgan fingerprint density at radius 3 is 2.27 bits per heavy atom. The summed E-state index contributed by atoms with van der Waals surface area (Å²) in [6.07, 6.45) is 14.3. The molecule has 5 aliphatic rings. The van der Waals surface area contributed by atoms with Gasteiger partial charge < -0.3 is 20.4 Å². The van der Waals surface area contributed by atoms with Crippen molar-refractivity contribution in [3.63, 3.8) is 0 Å². The number of fused-ring (bicyclic) bond motifs is 1. The van der Waals surface area contributed by atoms with Crippen LogP contribution in [0, 0.1) is 23.2 Å². The normalized spacial score (nSPS) is 28.4. The third-order valence-electron chi connectivity index (χ3n) is 8.52. The molecular formula is C26H34N6O5. The fraction of sp³-hybridized carbons (Fsp3) is 0.615. The van der Waals surface area contributed by atoms with Gasteiger partial charge in [-0.15, -0.1) is 0 Å². The van der Waals surface area contributed by atoms with Crippen LogP contribution >= 0.6 is 0 Å². The number of aliphatic carboxylic acids is 2. The van der Waals surface area contributed by atoms with Gasteiger partial charge in [0.25, 0.3) is 0 Å². The average molecular weight is 511 g/mol. The van der Waals surface area contributed by atoms with Gasteiger partial charge in [0.2, 0.25) is 5.91 Å². The molecule has 11 heteroatoms. The number of carbonyl (C=O) groups excluding carboxylic acids is 1. The summed E-state index contributed by atoms with van der Waals surface area (Å²) in [4.78, 5) is 43.8. The summed E-state index contributed by atoms with van der Waals surface area (Å²) in [5.41, 5.74) is 0.665. The minimum Gasteiger partial charge on any atom is -0.478 e. The van der Waals surface area contributed by atoms with Crippen LogP contribution in [0.15, 0.2) is 24.7 Å². The molecule has 4 aliphatic carbocycles. The molecule has 2 aromatic heterocycles. The summed E-state index contributed by atoms with van der Waals surface area (Å²) in [6.45, 7) is 4.18. The average Bonchev–Trinajstić information content (AvgIpc) is 3.50. The highest BCUT2D eigenvalue weighted by Gasteiger charge is 2.59. The fourth-order valence-electron chi connectivity index (χ4n) is 7.05. The Balaban J connectivity index is 0.000000307. The van der Waals surface area contributed by atoms with E-state index in [0.29, 0.717) is 18.0 Å². The van der Waals surface area contributed by atoms with Gasteiger partial charge in [-0.1, -0.05) is 6.42 Å². The first kappa shape index (κ1) is 25.3. The molecule has 0 aromatic carbocycles. The lowest BCUT2D eigenvalue weighted by molar-refractivity contribution is -0.134. The van der Waals surface area contributed by atoms with Gasteiger partial charge in [0.1, 0.15) is 12.1 Å². The minimum absolute atomic E-state index is 0.155. The summed E-state index contributed by atoms with van der Waals surface area (Å²) in [5.74, 6) is 0.614. The van der Waals surface area contributed by atoms with Gasteiger partial charge in [0, 0.05) is 18.7 Å². The number of carboxylic acid groups (broad SMARTS) is 2. The van der Waals surface area contributed by atoms with Crippen molar-refractivity contribution in [2.45, 2.75) is 57.9 Å². The molecule has 37 heavy (non-hydrogen) atoms. The monoisotopic (exact) mass is 510 g/mol. The highest BCUT2D eigenvalue weighted by Crippen LogP contribution is 2.64. The molecular weight excluding hydrogens is 476 g/mol. The number of carbonyl (C=O) groups is 3. The van der Waals surface area contributed by atoms with Gasteiger partial charge in [0.05, 0.1) is 23.5 Å². The fourth-order valence-corrected chi connectivity index (χ4v) is 7.05. The predicted octanol–water partition coefficient (Wildman–Crippen LogP) is 2.79. The number of hydrogen-bond acceptors (Lipinski definition) is 7. The van der Waals surface area contributed by atoms with Crippen LogP contribution < -0.4 is 5.32 Å². The van der Waals surface area contributed by atoms with Crippen LogP contribution in [-0.4, -0.2) is 72.3 Å². The van der Waals surface area contributed by atoms with Crippen LogP contribution in [0.3, 0.4) is 0 Å². The Morgan fingerprint density at radius 1 is 0.973 bits per heavy atom. The molecule has 0 spiro atoms. The molecule has 4 saturated carbocycles.